The van der Waals surface area contributed by atoms with E-state index < -0.39 is 0 Å². The van der Waals surface area contributed by atoms with Gasteiger partial charge >= 0.3 is 0 Å². The second-order valence-electron chi connectivity index (χ2n) is 7.06. The molecule has 1 fully saturated rings. The first-order chi connectivity index (χ1) is 12.1. The molecule has 6 heteroatoms. The molecule has 2 rings (SSSR count). The van der Waals surface area contributed by atoms with Gasteiger partial charge in [-0.3, -0.25) is 4.79 Å². The summed E-state index contributed by atoms with van der Waals surface area (Å²) in [7, 11) is 0. The van der Waals surface area contributed by atoms with Crippen molar-refractivity contribution in [1.29, 1.82) is 0 Å². The minimum absolute atomic E-state index is 0. The number of piperidine rings is 1. The topological polar surface area (TPSA) is 64.8 Å². The Kier molecular flexibility index (Phi) is 10.6. The lowest BCUT2D eigenvalue weighted by molar-refractivity contribution is 0.00844. The van der Waals surface area contributed by atoms with Crippen LogP contribution in [0.4, 0.5) is 0 Å². The first kappa shape index (κ1) is 22.7. The molecule has 0 aliphatic carbocycles. The van der Waals surface area contributed by atoms with E-state index in [-0.39, 0.29) is 24.4 Å². The average molecular weight is 385 g/mol. The molecule has 1 aromatic carbocycles. The molecule has 1 heterocycles. The van der Waals surface area contributed by atoms with Gasteiger partial charge in [0, 0.05) is 25.3 Å². The summed E-state index contributed by atoms with van der Waals surface area (Å²) in [6.07, 6.45) is 3.97. The summed E-state index contributed by atoms with van der Waals surface area (Å²) in [4.78, 5) is 14.5. The lowest BCUT2D eigenvalue weighted by Gasteiger charge is -2.32. The van der Waals surface area contributed by atoms with Crippen molar-refractivity contribution in [2.45, 2.75) is 45.6 Å². The van der Waals surface area contributed by atoms with Crippen LogP contribution in [0.1, 0.15) is 49.9 Å². The van der Waals surface area contributed by atoms with Gasteiger partial charge in [0.05, 0.1) is 12.7 Å². The van der Waals surface area contributed by atoms with Gasteiger partial charge in [0.2, 0.25) is 0 Å². The molecule has 0 saturated carbocycles. The smallest absolute Gasteiger partial charge is 0.253 e. The highest BCUT2D eigenvalue weighted by Gasteiger charge is 2.23. The quantitative estimate of drug-likeness (QED) is 0.662. The van der Waals surface area contributed by atoms with Crippen molar-refractivity contribution in [3.63, 3.8) is 0 Å². The zero-order valence-corrected chi connectivity index (χ0v) is 16.8. The summed E-state index contributed by atoms with van der Waals surface area (Å²) in [6.45, 7) is 7.94. The molecule has 5 nitrogen and oxygen atoms in total. The Morgan fingerprint density at radius 2 is 1.85 bits per heavy atom. The lowest BCUT2D eigenvalue weighted by atomic mass is 10.1. The molecule has 1 aliphatic heterocycles. The van der Waals surface area contributed by atoms with Crippen molar-refractivity contribution < 1.29 is 14.3 Å². The largest absolute Gasteiger partial charge is 0.494 e. The molecule has 1 saturated heterocycles. The molecule has 0 atom stereocenters. The number of halogens is 1. The van der Waals surface area contributed by atoms with Gasteiger partial charge < -0.3 is 20.1 Å². The second kappa shape index (κ2) is 12.2. The molecular formula is C20H33ClN2O3. The maximum Gasteiger partial charge on any atom is 0.253 e. The highest BCUT2D eigenvalue weighted by molar-refractivity contribution is 5.94. The van der Waals surface area contributed by atoms with Crippen molar-refractivity contribution in [3.8, 4) is 5.75 Å². The number of amides is 1. The summed E-state index contributed by atoms with van der Waals surface area (Å²) in [6, 6.07) is 7.49. The van der Waals surface area contributed by atoms with E-state index in [2.05, 4.69) is 13.8 Å². The van der Waals surface area contributed by atoms with Crippen LogP contribution < -0.4 is 10.5 Å². The molecule has 0 radical (unpaired) electrons. The van der Waals surface area contributed by atoms with E-state index in [0.717, 1.165) is 50.1 Å². The fourth-order valence-electron chi connectivity index (χ4n) is 2.85. The SMILES string of the molecule is CC(C)CCOc1ccc(C(=O)N2CCC(OCCCN)CC2)cc1.Cl. The van der Waals surface area contributed by atoms with Gasteiger partial charge in [-0.15, -0.1) is 12.4 Å². The van der Waals surface area contributed by atoms with Crippen LogP contribution in [0.25, 0.3) is 0 Å². The summed E-state index contributed by atoms with van der Waals surface area (Å²) in [5.74, 6) is 1.54. The lowest BCUT2D eigenvalue weighted by Crippen LogP contribution is -2.41. The molecule has 0 unspecified atom stereocenters. The summed E-state index contributed by atoms with van der Waals surface area (Å²) in [5.41, 5.74) is 6.20. The van der Waals surface area contributed by atoms with E-state index in [1.165, 1.54) is 0 Å². The van der Waals surface area contributed by atoms with Crippen LogP contribution in [0.3, 0.4) is 0 Å². The van der Waals surface area contributed by atoms with Crippen LogP contribution in [-0.2, 0) is 4.74 Å². The van der Waals surface area contributed by atoms with Crippen molar-refractivity contribution in [2.24, 2.45) is 11.7 Å². The highest BCUT2D eigenvalue weighted by Crippen LogP contribution is 2.19. The maximum absolute atomic E-state index is 12.6. The number of hydrogen-bond donors (Lipinski definition) is 1. The van der Waals surface area contributed by atoms with Crippen molar-refractivity contribution in [1.82, 2.24) is 4.90 Å². The van der Waals surface area contributed by atoms with Crippen LogP contribution in [0.15, 0.2) is 24.3 Å². The molecule has 0 bridgehead atoms. The number of hydrogen-bond acceptors (Lipinski definition) is 4. The van der Waals surface area contributed by atoms with Gasteiger partial charge in [0.25, 0.3) is 5.91 Å². The van der Waals surface area contributed by atoms with E-state index >= 15 is 0 Å². The Balaban J connectivity index is 0.00000338. The zero-order chi connectivity index (χ0) is 18.1. The standard InChI is InChI=1S/C20H32N2O3.ClH/c1-16(2)10-15-25-18-6-4-17(5-7-18)20(23)22-12-8-19(9-13-22)24-14-3-11-21;/h4-7,16,19H,3,8-15,21H2,1-2H3;1H. The number of carbonyl (C=O) groups excluding carboxylic acids is 1. The van der Waals surface area contributed by atoms with Crippen LogP contribution in [0.5, 0.6) is 5.75 Å². The second-order valence-corrected chi connectivity index (χ2v) is 7.06. The third-order valence-electron chi connectivity index (χ3n) is 4.50. The van der Waals surface area contributed by atoms with Crippen LogP contribution in [-0.4, -0.2) is 49.8 Å². The molecule has 1 amide bonds. The van der Waals surface area contributed by atoms with Gasteiger partial charge in [-0.05, 0) is 62.4 Å². The van der Waals surface area contributed by atoms with E-state index in [0.29, 0.717) is 25.7 Å². The van der Waals surface area contributed by atoms with Gasteiger partial charge in [-0.2, -0.15) is 0 Å². The summed E-state index contributed by atoms with van der Waals surface area (Å²) < 4.78 is 11.5. The number of nitrogens with two attached hydrogens (primary N) is 1. The van der Waals surface area contributed by atoms with Gasteiger partial charge in [0.15, 0.2) is 0 Å². The van der Waals surface area contributed by atoms with Crippen molar-refractivity contribution in [3.05, 3.63) is 29.8 Å². The fourth-order valence-corrected chi connectivity index (χ4v) is 2.85. The predicted octanol–water partition coefficient (Wildman–Crippen LogP) is 3.50. The monoisotopic (exact) mass is 384 g/mol. The van der Waals surface area contributed by atoms with Crippen LogP contribution >= 0.6 is 12.4 Å². The zero-order valence-electron chi connectivity index (χ0n) is 16.0. The molecule has 2 N–H and O–H groups in total. The highest BCUT2D eigenvalue weighted by atomic mass is 35.5. The molecule has 26 heavy (non-hydrogen) atoms. The van der Waals surface area contributed by atoms with E-state index in [9.17, 15) is 4.79 Å². The molecule has 1 aliphatic rings. The maximum atomic E-state index is 12.6. The number of likely N-dealkylation sites (tertiary alicyclic amines) is 1. The Bertz CT molecular complexity index is 514. The van der Waals surface area contributed by atoms with Crippen molar-refractivity contribution >= 4 is 18.3 Å². The first-order valence-electron chi connectivity index (χ1n) is 9.44. The van der Waals surface area contributed by atoms with E-state index in [1.807, 2.05) is 29.2 Å². The van der Waals surface area contributed by atoms with Crippen LogP contribution in [0.2, 0.25) is 0 Å². The van der Waals surface area contributed by atoms with Crippen LogP contribution in [0, 0.1) is 5.92 Å². The Morgan fingerprint density at radius 3 is 2.42 bits per heavy atom. The van der Waals surface area contributed by atoms with Gasteiger partial charge in [-0.1, -0.05) is 13.8 Å². The minimum atomic E-state index is 0. The third kappa shape index (κ3) is 7.52. The third-order valence-corrected chi connectivity index (χ3v) is 4.50. The first-order valence-corrected chi connectivity index (χ1v) is 9.44. The molecule has 0 aromatic heterocycles. The predicted molar refractivity (Wildman–Crippen MR) is 107 cm³/mol. The van der Waals surface area contributed by atoms with Gasteiger partial charge in [-0.25, -0.2) is 0 Å². The number of ether oxygens (including phenoxy) is 2. The minimum Gasteiger partial charge on any atom is -0.494 e. The number of nitrogens with zero attached hydrogens (tertiary/aromatic N) is 1. The average Bonchev–Trinajstić information content (AvgIpc) is 2.62. The number of rotatable bonds is 9. The molecule has 148 valence electrons. The molecule has 1 aromatic rings. The van der Waals surface area contributed by atoms with E-state index in [4.69, 9.17) is 15.2 Å². The number of benzene rings is 1. The Hall–Kier alpha value is -1.30. The van der Waals surface area contributed by atoms with Crippen molar-refractivity contribution in [2.75, 3.05) is 32.8 Å². The van der Waals surface area contributed by atoms with Gasteiger partial charge in [0.1, 0.15) is 5.75 Å². The summed E-state index contributed by atoms with van der Waals surface area (Å²) >= 11 is 0. The fraction of sp³-hybridized carbons (Fsp3) is 0.650. The molecular weight excluding hydrogens is 352 g/mol. The normalized spacial score (nSPS) is 15.0. The Morgan fingerprint density at radius 1 is 1.19 bits per heavy atom. The summed E-state index contributed by atoms with van der Waals surface area (Å²) in [5, 5.41) is 0. The Labute approximate surface area is 163 Å². The molecule has 0 spiro atoms. The van der Waals surface area contributed by atoms with E-state index in [1.54, 1.807) is 0 Å². The number of carbonyl (C=O) groups is 1.